The van der Waals surface area contributed by atoms with Gasteiger partial charge in [-0.3, -0.25) is 0 Å². The standard InChI is InChI=1S/C13H14ClN3O2S/c1-7-6-20-11(17-7)5-16-12-9(13(18)19-2)3-8(15)4-10(12)14/h3-4,6,16H,5,15H2,1-2H3. The molecule has 2 rings (SSSR count). The van der Waals surface area contributed by atoms with E-state index in [1.807, 2.05) is 12.3 Å². The molecular weight excluding hydrogens is 298 g/mol. The summed E-state index contributed by atoms with van der Waals surface area (Å²) in [5.74, 6) is -0.489. The van der Waals surface area contributed by atoms with E-state index in [1.165, 1.54) is 13.2 Å². The number of anilines is 2. The fourth-order valence-electron chi connectivity index (χ4n) is 1.73. The van der Waals surface area contributed by atoms with Crippen LogP contribution in [0.15, 0.2) is 17.5 Å². The number of benzene rings is 1. The summed E-state index contributed by atoms with van der Waals surface area (Å²) in [5, 5.41) is 6.36. The number of thiazole rings is 1. The first kappa shape index (κ1) is 14.6. The van der Waals surface area contributed by atoms with Crippen molar-refractivity contribution < 1.29 is 9.53 Å². The molecule has 0 bridgehead atoms. The average Bonchev–Trinajstić information content (AvgIpc) is 2.81. The lowest BCUT2D eigenvalue weighted by Gasteiger charge is -2.12. The number of carbonyl (C=O) groups excluding carboxylic acids is 1. The number of hydrogen-bond acceptors (Lipinski definition) is 6. The Bertz CT molecular complexity index is 643. The Labute approximate surface area is 125 Å². The summed E-state index contributed by atoms with van der Waals surface area (Å²) in [5.41, 5.74) is 7.88. The predicted molar refractivity (Wildman–Crippen MR) is 81.4 cm³/mol. The first-order valence-corrected chi connectivity index (χ1v) is 7.09. The fourth-order valence-corrected chi connectivity index (χ4v) is 2.73. The molecule has 0 atom stereocenters. The number of nitrogen functional groups attached to an aromatic ring is 1. The molecule has 0 fully saturated rings. The van der Waals surface area contributed by atoms with E-state index in [2.05, 4.69) is 10.3 Å². The van der Waals surface area contributed by atoms with Gasteiger partial charge >= 0.3 is 5.97 Å². The normalized spacial score (nSPS) is 10.3. The minimum atomic E-state index is -0.489. The van der Waals surface area contributed by atoms with Crippen LogP contribution in [0.3, 0.4) is 0 Å². The van der Waals surface area contributed by atoms with Gasteiger partial charge in [-0.05, 0) is 19.1 Å². The van der Waals surface area contributed by atoms with Crippen LogP contribution in [-0.4, -0.2) is 18.1 Å². The average molecular weight is 312 g/mol. The van der Waals surface area contributed by atoms with Crippen molar-refractivity contribution in [2.24, 2.45) is 0 Å². The molecule has 3 N–H and O–H groups in total. The highest BCUT2D eigenvalue weighted by Crippen LogP contribution is 2.30. The highest BCUT2D eigenvalue weighted by atomic mass is 35.5. The number of aromatic nitrogens is 1. The van der Waals surface area contributed by atoms with Crippen LogP contribution in [0.1, 0.15) is 21.1 Å². The molecule has 2 aromatic rings. The number of methoxy groups -OCH3 is 1. The van der Waals surface area contributed by atoms with E-state index in [-0.39, 0.29) is 0 Å². The van der Waals surface area contributed by atoms with Gasteiger partial charge in [0.25, 0.3) is 0 Å². The van der Waals surface area contributed by atoms with Gasteiger partial charge in [-0.15, -0.1) is 11.3 Å². The number of rotatable bonds is 4. The number of halogens is 1. The summed E-state index contributed by atoms with van der Waals surface area (Å²) in [6, 6.07) is 3.12. The number of hydrogen-bond donors (Lipinski definition) is 2. The Morgan fingerprint density at radius 2 is 2.30 bits per heavy atom. The zero-order chi connectivity index (χ0) is 14.7. The van der Waals surface area contributed by atoms with Gasteiger partial charge < -0.3 is 15.8 Å². The van der Waals surface area contributed by atoms with Crippen LogP contribution >= 0.6 is 22.9 Å². The molecule has 0 aliphatic carbocycles. The Balaban J connectivity index is 2.27. The van der Waals surface area contributed by atoms with Crippen LogP contribution in [0.25, 0.3) is 0 Å². The fraction of sp³-hybridized carbons (Fsp3) is 0.231. The first-order chi connectivity index (χ1) is 9.51. The van der Waals surface area contributed by atoms with Crippen molar-refractivity contribution in [1.82, 2.24) is 4.98 Å². The largest absolute Gasteiger partial charge is 0.465 e. The molecule has 0 aliphatic heterocycles. The van der Waals surface area contributed by atoms with Crippen molar-refractivity contribution in [2.45, 2.75) is 13.5 Å². The zero-order valence-corrected chi connectivity index (χ0v) is 12.6. The summed E-state index contributed by atoms with van der Waals surface area (Å²) >= 11 is 7.68. The molecule has 1 heterocycles. The molecule has 1 aromatic heterocycles. The third-order valence-electron chi connectivity index (χ3n) is 2.60. The highest BCUT2D eigenvalue weighted by molar-refractivity contribution is 7.09. The van der Waals surface area contributed by atoms with Crippen molar-refractivity contribution >= 4 is 40.3 Å². The quantitative estimate of drug-likeness (QED) is 0.670. The molecule has 106 valence electrons. The molecule has 0 unspecified atom stereocenters. The molecule has 20 heavy (non-hydrogen) atoms. The summed E-state index contributed by atoms with van der Waals surface area (Å²) in [7, 11) is 1.31. The van der Waals surface area contributed by atoms with Crippen LogP contribution in [0.2, 0.25) is 5.02 Å². The molecule has 1 aromatic carbocycles. The SMILES string of the molecule is COC(=O)c1cc(N)cc(Cl)c1NCc1nc(C)cs1. The lowest BCUT2D eigenvalue weighted by atomic mass is 10.1. The molecule has 5 nitrogen and oxygen atoms in total. The van der Waals surface area contributed by atoms with Gasteiger partial charge in [-0.2, -0.15) is 0 Å². The van der Waals surface area contributed by atoms with E-state index in [4.69, 9.17) is 22.1 Å². The lowest BCUT2D eigenvalue weighted by molar-refractivity contribution is 0.0602. The van der Waals surface area contributed by atoms with E-state index in [9.17, 15) is 4.79 Å². The van der Waals surface area contributed by atoms with Gasteiger partial charge in [-0.25, -0.2) is 9.78 Å². The van der Waals surface area contributed by atoms with E-state index >= 15 is 0 Å². The van der Waals surface area contributed by atoms with Gasteiger partial charge in [0.2, 0.25) is 0 Å². The first-order valence-electron chi connectivity index (χ1n) is 5.83. The maximum Gasteiger partial charge on any atom is 0.340 e. The van der Waals surface area contributed by atoms with E-state index in [0.717, 1.165) is 10.7 Å². The van der Waals surface area contributed by atoms with Gasteiger partial charge in [-0.1, -0.05) is 11.6 Å². The Morgan fingerprint density at radius 3 is 2.90 bits per heavy atom. The van der Waals surface area contributed by atoms with Crippen molar-refractivity contribution in [3.63, 3.8) is 0 Å². The molecule has 0 aliphatic rings. The van der Waals surface area contributed by atoms with Crippen LogP contribution < -0.4 is 11.1 Å². The molecule has 7 heteroatoms. The van der Waals surface area contributed by atoms with Crippen LogP contribution in [0.5, 0.6) is 0 Å². The van der Waals surface area contributed by atoms with E-state index in [1.54, 1.807) is 17.4 Å². The number of nitrogens with two attached hydrogens (primary N) is 1. The zero-order valence-electron chi connectivity index (χ0n) is 11.1. The number of aryl methyl sites for hydroxylation is 1. The maximum absolute atomic E-state index is 11.8. The Hall–Kier alpha value is -1.79. The summed E-state index contributed by atoms with van der Waals surface area (Å²) in [6.07, 6.45) is 0. The minimum Gasteiger partial charge on any atom is -0.465 e. The number of esters is 1. The Kier molecular flexibility index (Phi) is 4.46. The second-order valence-corrected chi connectivity index (χ2v) is 5.50. The molecular formula is C13H14ClN3O2S. The molecule has 0 amide bonds. The minimum absolute atomic E-state index is 0.311. The molecule has 0 saturated carbocycles. The second-order valence-electron chi connectivity index (χ2n) is 4.15. The van der Waals surface area contributed by atoms with Crippen molar-refractivity contribution in [2.75, 3.05) is 18.2 Å². The molecule has 0 radical (unpaired) electrons. The second kappa shape index (κ2) is 6.11. The van der Waals surface area contributed by atoms with Crippen LogP contribution in [-0.2, 0) is 11.3 Å². The summed E-state index contributed by atoms with van der Waals surface area (Å²) in [6.45, 7) is 2.40. The lowest BCUT2D eigenvalue weighted by Crippen LogP contribution is -2.09. The third-order valence-corrected chi connectivity index (χ3v) is 3.87. The summed E-state index contributed by atoms with van der Waals surface area (Å²) in [4.78, 5) is 16.1. The predicted octanol–water partition coefficient (Wildman–Crippen LogP) is 3.09. The number of ether oxygens (including phenoxy) is 1. The molecule has 0 spiro atoms. The topological polar surface area (TPSA) is 77.2 Å². The third kappa shape index (κ3) is 3.20. The van der Waals surface area contributed by atoms with Crippen molar-refractivity contribution in [1.29, 1.82) is 0 Å². The van der Waals surface area contributed by atoms with Crippen LogP contribution in [0, 0.1) is 6.92 Å². The number of nitrogens with zero attached hydrogens (tertiary/aromatic N) is 1. The Morgan fingerprint density at radius 1 is 1.55 bits per heavy atom. The van der Waals surface area contributed by atoms with Gasteiger partial charge in [0.1, 0.15) is 5.01 Å². The van der Waals surface area contributed by atoms with E-state index < -0.39 is 5.97 Å². The monoisotopic (exact) mass is 311 g/mol. The smallest absolute Gasteiger partial charge is 0.340 e. The van der Waals surface area contributed by atoms with Crippen molar-refractivity contribution in [3.8, 4) is 0 Å². The van der Waals surface area contributed by atoms with Gasteiger partial charge in [0.05, 0.1) is 29.9 Å². The summed E-state index contributed by atoms with van der Waals surface area (Å²) < 4.78 is 4.74. The van der Waals surface area contributed by atoms with Gasteiger partial charge in [0, 0.05) is 16.8 Å². The number of carbonyl (C=O) groups is 1. The number of nitrogens with one attached hydrogen (secondary N) is 1. The van der Waals surface area contributed by atoms with Gasteiger partial charge in [0.15, 0.2) is 0 Å². The van der Waals surface area contributed by atoms with E-state index in [0.29, 0.717) is 28.5 Å². The van der Waals surface area contributed by atoms with Crippen molar-refractivity contribution in [3.05, 3.63) is 38.8 Å². The molecule has 0 saturated heterocycles. The highest BCUT2D eigenvalue weighted by Gasteiger charge is 2.16. The van der Waals surface area contributed by atoms with Crippen LogP contribution in [0.4, 0.5) is 11.4 Å². The maximum atomic E-state index is 11.8.